The van der Waals surface area contributed by atoms with E-state index in [1.54, 1.807) is 17.7 Å². The Balaban J connectivity index is 1.25. The molecular weight excluding hydrogens is 450 g/mol. The number of primary amides is 1. The molecule has 0 aromatic carbocycles. The number of hydrogen-bond donors (Lipinski definition) is 2. The average molecular weight is 488 g/mol. The molecule has 1 saturated carbocycles. The molecule has 2 aliphatic carbocycles. The van der Waals surface area contributed by atoms with Gasteiger partial charge in [0.1, 0.15) is 23.4 Å². The number of carbonyl (C=O) groups excluding carboxylic acids is 1. The molecule has 0 bridgehead atoms. The molecule has 1 amide bonds. The number of hydrogen-bond acceptors (Lipinski definition) is 8. The van der Waals surface area contributed by atoms with Crippen LogP contribution in [-0.2, 0) is 11.2 Å². The quantitative estimate of drug-likeness (QED) is 0.619. The molecule has 0 unspecified atom stereocenters. The summed E-state index contributed by atoms with van der Waals surface area (Å²) in [6.45, 7) is 9.24. The van der Waals surface area contributed by atoms with Gasteiger partial charge in [-0.2, -0.15) is 0 Å². The van der Waals surface area contributed by atoms with Crippen molar-refractivity contribution < 1.29 is 14.6 Å². The van der Waals surface area contributed by atoms with Crippen LogP contribution in [0.25, 0.3) is 10.2 Å². The first kappa shape index (κ1) is 23.9. The zero-order valence-electron chi connectivity index (χ0n) is 20.3. The number of nitrogens with zero attached hydrogens (tertiary/aromatic N) is 4. The molecule has 1 aliphatic heterocycles. The normalized spacial score (nSPS) is 27.2. The zero-order chi connectivity index (χ0) is 23.8. The Hall–Kier alpha value is -1.81. The first-order chi connectivity index (χ1) is 16.4. The van der Waals surface area contributed by atoms with Crippen molar-refractivity contribution in [3.05, 3.63) is 16.8 Å². The van der Waals surface area contributed by atoms with Gasteiger partial charge in [-0.1, -0.05) is 0 Å². The van der Waals surface area contributed by atoms with Crippen molar-refractivity contribution in [3.63, 3.8) is 0 Å². The lowest BCUT2D eigenvalue weighted by Crippen LogP contribution is -2.53. The smallest absolute Gasteiger partial charge is 0.246 e. The van der Waals surface area contributed by atoms with E-state index in [9.17, 15) is 9.90 Å². The van der Waals surface area contributed by atoms with E-state index in [1.807, 2.05) is 0 Å². The van der Waals surface area contributed by atoms with E-state index in [4.69, 9.17) is 10.5 Å². The maximum absolute atomic E-state index is 11.4. The fourth-order valence-corrected chi connectivity index (χ4v) is 7.29. The van der Waals surface area contributed by atoms with Crippen LogP contribution in [0.2, 0.25) is 0 Å². The van der Waals surface area contributed by atoms with Gasteiger partial charge in [0.25, 0.3) is 0 Å². The predicted molar refractivity (Wildman–Crippen MR) is 133 cm³/mol. The Morgan fingerprint density at radius 2 is 1.91 bits per heavy atom. The molecule has 186 valence electrons. The molecule has 2 aromatic heterocycles. The van der Waals surface area contributed by atoms with E-state index in [0.717, 1.165) is 54.3 Å². The Kier molecular flexibility index (Phi) is 7.07. The van der Waals surface area contributed by atoms with Gasteiger partial charge in [-0.3, -0.25) is 14.6 Å². The summed E-state index contributed by atoms with van der Waals surface area (Å²) in [5.41, 5.74) is 6.48. The van der Waals surface area contributed by atoms with Crippen molar-refractivity contribution >= 4 is 27.5 Å². The summed E-state index contributed by atoms with van der Waals surface area (Å²) in [7, 11) is 0. The number of aryl methyl sites for hydroxylation is 1. The lowest BCUT2D eigenvalue weighted by molar-refractivity contribution is -0.126. The van der Waals surface area contributed by atoms with Crippen LogP contribution < -0.4 is 10.5 Å². The Bertz CT molecular complexity index is 1010. The number of fused-ring (bicyclic) bond motifs is 3. The summed E-state index contributed by atoms with van der Waals surface area (Å²) >= 11 is 1.68. The number of nitrogens with two attached hydrogens (primary N) is 1. The van der Waals surface area contributed by atoms with Crippen LogP contribution in [0.4, 0.5) is 0 Å². The highest BCUT2D eigenvalue weighted by molar-refractivity contribution is 7.19. The fourth-order valence-electron chi connectivity index (χ4n) is 6.06. The third kappa shape index (κ3) is 4.80. The maximum atomic E-state index is 11.4. The van der Waals surface area contributed by atoms with Crippen LogP contribution in [-0.4, -0.2) is 81.3 Å². The molecule has 2 aromatic rings. The molecule has 0 spiro atoms. The molecule has 3 heterocycles. The van der Waals surface area contributed by atoms with Crippen LogP contribution >= 0.6 is 11.3 Å². The van der Waals surface area contributed by atoms with Crippen LogP contribution in [0, 0.1) is 0 Å². The number of ether oxygens (including phenoxy) is 1. The number of piperazine rings is 1. The second-order valence-electron chi connectivity index (χ2n) is 10.4. The molecule has 2 atom stereocenters. The summed E-state index contributed by atoms with van der Waals surface area (Å²) in [4.78, 5) is 27.9. The highest BCUT2D eigenvalue weighted by Crippen LogP contribution is 2.47. The minimum atomic E-state index is -1.13. The van der Waals surface area contributed by atoms with Crippen molar-refractivity contribution in [2.45, 2.75) is 89.0 Å². The first-order valence-electron chi connectivity index (χ1n) is 12.8. The lowest BCUT2D eigenvalue weighted by Gasteiger charge is -2.43. The summed E-state index contributed by atoms with van der Waals surface area (Å²) in [6, 6.07) is 1.29. The van der Waals surface area contributed by atoms with Gasteiger partial charge in [-0.15, -0.1) is 11.3 Å². The summed E-state index contributed by atoms with van der Waals surface area (Å²) < 4.78 is 6.51. The number of thiophene rings is 1. The second kappa shape index (κ2) is 10.0. The predicted octanol–water partition coefficient (Wildman–Crippen LogP) is 2.67. The SMILES string of the molecule is CC(C)N1CCN(C2CCC(Oc3ncnc4sc5c(c34)[C@@H](C[C@H](O)C(N)=O)CC5)CC2)CC1. The zero-order valence-corrected chi connectivity index (χ0v) is 21.1. The van der Waals surface area contributed by atoms with Gasteiger partial charge >= 0.3 is 0 Å². The van der Waals surface area contributed by atoms with Crippen LogP contribution in [0.5, 0.6) is 5.88 Å². The Morgan fingerprint density at radius 3 is 2.59 bits per heavy atom. The van der Waals surface area contributed by atoms with Gasteiger partial charge in [0.2, 0.25) is 11.8 Å². The number of rotatable bonds is 7. The summed E-state index contributed by atoms with van der Waals surface area (Å²) in [5.74, 6) is 0.0832. The summed E-state index contributed by atoms with van der Waals surface area (Å²) in [5, 5.41) is 11.1. The van der Waals surface area contributed by atoms with Crippen molar-refractivity contribution in [2.75, 3.05) is 26.2 Å². The third-order valence-electron chi connectivity index (χ3n) is 8.05. The van der Waals surface area contributed by atoms with Gasteiger partial charge < -0.3 is 15.6 Å². The van der Waals surface area contributed by atoms with Crippen LogP contribution in [0.15, 0.2) is 6.33 Å². The van der Waals surface area contributed by atoms with Crippen LogP contribution in [0.1, 0.15) is 68.7 Å². The van der Waals surface area contributed by atoms with Crippen molar-refractivity contribution in [1.29, 1.82) is 0 Å². The Morgan fingerprint density at radius 1 is 1.18 bits per heavy atom. The number of aliphatic hydroxyl groups is 1. The fraction of sp³-hybridized carbons (Fsp3) is 0.720. The molecule has 3 N–H and O–H groups in total. The van der Waals surface area contributed by atoms with E-state index >= 15 is 0 Å². The topological polar surface area (TPSA) is 105 Å². The molecule has 8 nitrogen and oxygen atoms in total. The van der Waals surface area contributed by atoms with Crippen molar-refractivity contribution in [2.24, 2.45) is 5.73 Å². The largest absolute Gasteiger partial charge is 0.474 e. The van der Waals surface area contributed by atoms with Gasteiger partial charge in [-0.05, 0) is 70.3 Å². The van der Waals surface area contributed by atoms with Crippen molar-refractivity contribution in [3.8, 4) is 5.88 Å². The monoisotopic (exact) mass is 487 g/mol. The molecular formula is C25H37N5O3S. The molecule has 0 radical (unpaired) electrons. The van der Waals surface area contributed by atoms with Crippen LogP contribution in [0.3, 0.4) is 0 Å². The highest BCUT2D eigenvalue weighted by atomic mass is 32.1. The second-order valence-corrected chi connectivity index (χ2v) is 11.5. The van der Waals surface area contributed by atoms with Crippen molar-refractivity contribution in [1.82, 2.24) is 19.8 Å². The molecule has 2 fully saturated rings. The number of carbonyl (C=O) groups is 1. The third-order valence-corrected chi connectivity index (χ3v) is 9.22. The van der Waals surface area contributed by atoms with E-state index in [-0.39, 0.29) is 12.0 Å². The minimum absolute atomic E-state index is 0.0832. The van der Waals surface area contributed by atoms with Gasteiger partial charge in [-0.25, -0.2) is 9.97 Å². The Labute approximate surface area is 205 Å². The molecule has 34 heavy (non-hydrogen) atoms. The first-order valence-corrected chi connectivity index (χ1v) is 13.6. The molecule has 3 aliphatic rings. The summed E-state index contributed by atoms with van der Waals surface area (Å²) in [6.07, 6.45) is 7.22. The number of aromatic nitrogens is 2. The van der Waals surface area contributed by atoms with Gasteiger partial charge in [0.15, 0.2) is 0 Å². The number of aliphatic hydroxyl groups excluding tert-OH is 1. The lowest BCUT2D eigenvalue weighted by atomic mass is 9.91. The van der Waals surface area contributed by atoms with E-state index in [2.05, 4.69) is 33.6 Å². The highest BCUT2D eigenvalue weighted by Gasteiger charge is 2.34. The molecule has 5 rings (SSSR count). The molecule has 9 heteroatoms. The number of amides is 1. The maximum Gasteiger partial charge on any atom is 0.246 e. The molecule has 1 saturated heterocycles. The van der Waals surface area contributed by atoms with E-state index < -0.39 is 12.0 Å². The average Bonchev–Trinajstić information content (AvgIpc) is 3.39. The van der Waals surface area contributed by atoms with E-state index in [1.165, 1.54) is 31.1 Å². The van der Waals surface area contributed by atoms with Gasteiger partial charge in [0, 0.05) is 43.1 Å². The minimum Gasteiger partial charge on any atom is -0.474 e. The standard InChI is InChI=1S/C25H37N5O3S/c1-15(2)29-9-11-30(12-10-29)17-4-6-18(7-5-17)33-24-22-21-16(13-19(31)23(26)32)3-8-20(21)34-25(22)28-14-27-24/h14-19,31H,3-13H2,1-2H3,(H2,26,32)/t16-,17?,18?,19+/m1/s1. The van der Waals surface area contributed by atoms with E-state index in [0.29, 0.717) is 24.4 Å². The van der Waals surface area contributed by atoms with Gasteiger partial charge in [0.05, 0.1) is 5.39 Å².